The first-order chi connectivity index (χ1) is 12.2. The summed E-state index contributed by atoms with van der Waals surface area (Å²) in [7, 11) is 0. The first kappa shape index (κ1) is 20.3. The van der Waals surface area contributed by atoms with E-state index >= 15 is 0 Å². The predicted molar refractivity (Wildman–Crippen MR) is 110 cm³/mol. The van der Waals surface area contributed by atoms with Gasteiger partial charge in [-0.15, -0.1) is 0 Å². The number of piperazine rings is 1. The molecule has 1 amide bonds. The summed E-state index contributed by atoms with van der Waals surface area (Å²) in [6, 6.07) is 8.58. The van der Waals surface area contributed by atoms with Gasteiger partial charge in [-0.2, -0.15) is 0 Å². The van der Waals surface area contributed by atoms with Crippen LogP contribution in [0.25, 0.3) is 0 Å². The van der Waals surface area contributed by atoms with E-state index in [1.165, 1.54) is 11.3 Å². The second-order valence-electron chi connectivity index (χ2n) is 7.47. The molecule has 1 heterocycles. The van der Waals surface area contributed by atoms with E-state index in [1.54, 1.807) is 0 Å². The Balaban J connectivity index is 1.66. The van der Waals surface area contributed by atoms with Crippen LogP contribution in [-0.4, -0.2) is 61.0 Å². The Kier molecular flexibility index (Phi) is 7.08. The number of carbonyl (C=O) groups is 1. The Hall–Kier alpha value is -2.02. The summed E-state index contributed by atoms with van der Waals surface area (Å²) >= 11 is 5.47. The summed E-state index contributed by atoms with van der Waals surface area (Å²) in [4.78, 5) is 16.2. The summed E-state index contributed by atoms with van der Waals surface area (Å²) in [5.41, 5.74) is 2.06. The smallest absolute Gasteiger partial charge is 0.407 e. The molecule has 0 aromatic heterocycles. The molecule has 0 unspecified atom stereocenters. The Bertz CT molecular complexity index is 622. The summed E-state index contributed by atoms with van der Waals surface area (Å²) in [5.74, 6) is 0. The quantitative estimate of drug-likeness (QED) is 0.620. The Morgan fingerprint density at radius 1 is 1.15 bits per heavy atom. The largest absolute Gasteiger partial charge is 0.444 e. The van der Waals surface area contributed by atoms with E-state index < -0.39 is 11.7 Å². The molecule has 6 nitrogen and oxygen atoms in total. The van der Waals surface area contributed by atoms with Crippen LogP contribution in [0.3, 0.4) is 0 Å². The molecule has 1 fully saturated rings. The van der Waals surface area contributed by atoms with Gasteiger partial charge in [-0.3, -0.25) is 0 Å². The van der Waals surface area contributed by atoms with Crippen molar-refractivity contribution in [3.05, 3.63) is 29.8 Å². The van der Waals surface area contributed by atoms with Crippen molar-refractivity contribution in [1.82, 2.24) is 15.5 Å². The lowest BCUT2D eigenvalue weighted by Gasteiger charge is -2.37. The van der Waals surface area contributed by atoms with Gasteiger partial charge in [0.2, 0.25) is 0 Å². The van der Waals surface area contributed by atoms with Gasteiger partial charge in [0, 0.05) is 45.0 Å². The number of benzene rings is 1. The number of thiocarbonyl (C=S) groups is 1. The van der Waals surface area contributed by atoms with Gasteiger partial charge >= 0.3 is 6.09 Å². The van der Waals surface area contributed by atoms with Gasteiger partial charge in [-0.1, -0.05) is 12.1 Å². The fourth-order valence-electron chi connectivity index (χ4n) is 2.75. The third-order valence-corrected chi connectivity index (χ3v) is 4.41. The first-order valence-electron chi connectivity index (χ1n) is 9.06. The summed E-state index contributed by atoms with van der Waals surface area (Å²) in [6.07, 6.45) is -0.406. The van der Waals surface area contributed by atoms with Crippen LogP contribution in [0.1, 0.15) is 26.3 Å². The fraction of sp³-hybridized carbons (Fsp3) is 0.579. The minimum atomic E-state index is -0.482. The number of ether oxygens (including phenoxy) is 1. The van der Waals surface area contributed by atoms with Crippen molar-refractivity contribution >= 4 is 29.1 Å². The van der Waals surface area contributed by atoms with E-state index in [0.29, 0.717) is 13.1 Å². The van der Waals surface area contributed by atoms with Gasteiger partial charge < -0.3 is 25.2 Å². The highest BCUT2D eigenvalue weighted by atomic mass is 32.1. The minimum Gasteiger partial charge on any atom is -0.444 e. The fourth-order valence-corrected chi connectivity index (χ4v) is 3.04. The molecule has 144 valence electrons. The second kappa shape index (κ2) is 9.07. The topological polar surface area (TPSA) is 56.8 Å². The molecule has 0 saturated carbocycles. The number of anilines is 1. The highest BCUT2D eigenvalue weighted by Crippen LogP contribution is 2.17. The lowest BCUT2D eigenvalue weighted by atomic mass is 10.2. The SMILES string of the molecule is Cc1cccc(N2CCN(C(=S)NCCNC(=O)OC(C)(C)C)CC2)c1. The molecule has 0 spiro atoms. The number of rotatable bonds is 4. The normalized spacial score (nSPS) is 14.8. The van der Waals surface area contributed by atoms with Gasteiger partial charge in [0.1, 0.15) is 5.60 Å². The molecule has 26 heavy (non-hydrogen) atoms. The molecule has 1 aromatic rings. The van der Waals surface area contributed by atoms with Crippen molar-refractivity contribution < 1.29 is 9.53 Å². The zero-order chi connectivity index (χ0) is 19.2. The number of carbonyl (C=O) groups excluding carboxylic acids is 1. The van der Waals surface area contributed by atoms with Crippen molar-refractivity contribution in [2.45, 2.75) is 33.3 Å². The van der Waals surface area contributed by atoms with Crippen LogP contribution in [0.5, 0.6) is 0 Å². The number of alkyl carbamates (subject to hydrolysis) is 1. The molecule has 0 atom stereocenters. The highest BCUT2D eigenvalue weighted by molar-refractivity contribution is 7.80. The number of hydrogen-bond acceptors (Lipinski definition) is 4. The third kappa shape index (κ3) is 6.71. The minimum absolute atomic E-state index is 0.406. The van der Waals surface area contributed by atoms with E-state index in [1.807, 2.05) is 20.8 Å². The molecular formula is C19H30N4O2S. The number of nitrogens with zero attached hydrogens (tertiary/aromatic N) is 2. The monoisotopic (exact) mass is 378 g/mol. The maximum absolute atomic E-state index is 11.6. The number of aryl methyl sites for hydroxylation is 1. The van der Waals surface area contributed by atoms with E-state index in [0.717, 1.165) is 31.3 Å². The van der Waals surface area contributed by atoms with Crippen molar-refractivity contribution in [2.75, 3.05) is 44.2 Å². The van der Waals surface area contributed by atoms with Crippen molar-refractivity contribution in [3.8, 4) is 0 Å². The second-order valence-corrected chi connectivity index (χ2v) is 7.86. The van der Waals surface area contributed by atoms with E-state index in [2.05, 4.69) is 51.6 Å². The van der Waals surface area contributed by atoms with E-state index in [9.17, 15) is 4.79 Å². The molecule has 0 radical (unpaired) electrons. The molecule has 1 aliphatic heterocycles. The van der Waals surface area contributed by atoms with Crippen LogP contribution in [0, 0.1) is 6.92 Å². The number of hydrogen-bond donors (Lipinski definition) is 2. The number of nitrogens with one attached hydrogen (secondary N) is 2. The van der Waals surface area contributed by atoms with Gasteiger partial charge in [0.05, 0.1) is 0 Å². The predicted octanol–water partition coefficient (Wildman–Crippen LogP) is 2.52. The Labute approximate surface area is 161 Å². The molecule has 2 N–H and O–H groups in total. The maximum atomic E-state index is 11.6. The molecule has 1 saturated heterocycles. The van der Waals surface area contributed by atoms with Gasteiger partial charge in [-0.25, -0.2) is 4.79 Å². The number of amides is 1. The zero-order valence-electron chi connectivity index (χ0n) is 16.2. The molecule has 7 heteroatoms. The lowest BCUT2D eigenvalue weighted by molar-refractivity contribution is 0.0529. The zero-order valence-corrected chi connectivity index (χ0v) is 17.0. The molecule has 1 aromatic carbocycles. The summed E-state index contributed by atoms with van der Waals surface area (Å²) < 4.78 is 5.20. The highest BCUT2D eigenvalue weighted by Gasteiger charge is 2.19. The average molecular weight is 379 g/mol. The van der Waals surface area contributed by atoms with Gasteiger partial charge in [0.15, 0.2) is 5.11 Å². The van der Waals surface area contributed by atoms with Crippen LogP contribution >= 0.6 is 12.2 Å². The average Bonchev–Trinajstić information content (AvgIpc) is 2.57. The third-order valence-electron chi connectivity index (χ3n) is 4.00. The van der Waals surface area contributed by atoms with Gasteiger partial charge in [-0.05, 0) is 57.6 Å². The standard InChI is InChI=1S/C19H30N4O2S/c1-15-6-5-7-16(14-15)22-10-12-23(13-11-22)17(26)20-8-9-21-18(24)25-19(2,3)4/h5-7,14H,8-13H2,1-4H3,(H,20,26)(H,21,24). The van der Waals surface area contributed by atoms with Crippen LogP contribution in [0.4, 0.5) is 10.5 Å². The van der Waals surface area contributed by atoms with Crippen LogP contribution in [0.2, 0.25) is 0 Å². The van der Waals surface area contributed by atoms with E-state index in [-0.39, 0.29) is 0 Å². The molecule has 2 rings (SSSR count). The van der Waals surface area contributed by atoms with Crippen LogP contribution in [0.15, 0.2) is 24.3 Å². The Morgan fingerprint density at radius 2 is 1.81 bits per heavy atom. The molecular weight excluding hydrogens is 348 g/mol. The summed E-state index contributed by atoms with van der Waals surface area (Å²) in [6.45, 7) is 12.4. The van der Waals surface area contributed by atoms with E-state index in [4.69, 9.17) is 17.0 Å². The van der Waals surface area contributed by atoms with Crippen molar-refractivity contribution in [2.24, 2.45) is 0 Å². The molecule has 0 aliphatic carbocycles. The first-order valence-corrected chi connectivity index (χ1v) is 9.47. The van der Waals surface area contributed by atoms with Crippen LogP contribution < -0.4 is 15.5 Å². The molecule has 0 bridgehead atoms. The van der Waals surface area contributed by atoms with Gasteiger partial charge in [0.25, 0.3) is 0 Å². The summed E-state index contributed by atoms with van der Waals surface area (Å²) in [5, 5.41) is 6.66. The Morgan fingerprint density at radius 3 is 2.42 bits per heavy atom. The van der Waals surface area contributed by atoms with Crippen molar-refractivity contribution in [1.29, 1.82) is 0 Å². The lowest BCUT2D eigenvalue weighted by Crippen LogP contribution is -2.52. The molecule has 1 aliphatic rings. The maximum Gasteiger partial charge on any atom is 0.407 e. The van der Waals surface area contributed by atoms with Crippen LogP contribution in [-0.2, 0) is 4.74 Å². The van der Waals surface area contributed by atoms with Crippen molar-refractivity contribution in [3.63, 3.8) is 0 Å².